The average Bonchev–Trinajstić information content (AvgIpc) is 3.04. The number of amides is 2. The first kappa shape index (κ1) is 15.2. The van der Waals surface area contributed by atoms with Gasteiger partial charge < -0.3 is 10.2 Å². The summed E-state index contributed by atoms with van der Waals surface area (Å²) in [6.07, 6.45) is 1.55. The van der Waals surface area contributed by atoms with Crippen molar-refractivity contribution in [2.75, 3.05) is 11.9 Å². The average molecular weight is 338 g/mol. The lowest BCUT2D eigenvalue weighted by atomic mass is 10.2. The molecule has 116 valence electrons. The van der Waals surface area contributed by atoms with E-state index < -0.39 is 6.04 Å². The van der Waals surface area contributed by atoms with E-state index in [1.807, 2.05) is 19.1 Å². The number of carbonyl (C=O) groups excluding carboxylic acids is 2. The first-order chi connectivity index (χ1) is 10.5. The molecule has 1 aromatic heterocycles. The Labute approximate surface area is 137 Å². The molecule has 1 aromatic carbocycles. The molecule has 1 aliphatic rings. The molecule has 0 bridgehead atoms. The lowest BCUT2D eigenvalue weighted by molar-refractivity contribution is -0.134. The van der Waals surface area contributed by atoms with Gasteiger partial charge in [-0.05, 0) is 37.5 Å². The van der Waals surface area contributed by atoms with Gasteiger partial charge in [0, 0.05) is 18.5 Å². The minimum absolute atomic E-state index is 0.0652. The largest absolute Gasteiger partial charge is 0.331 e. The fraction of sp³-hybridized carbons (Fsp3) is 0.400. The number of aryl methyl sites for hydroxylation is 1. The molecule has 2 amide bonds. The molecular formula is C15H16ClN3O2S. The Morgan fingerprint density at radius 2 is 2.23 bits per heavy atom. The molecule has 0 radical (unpaired) electrons. The number of benzene rings is 1. The SMILES string of the molecule is CC(=O)N1CCCC1C(=O)Nc1nc2c(C)cc(Cl)cc2s1. The molecule has 5 nitrogen and oxygen atoms in total. The summed E-state index contributed by atoms with van der Waals surface area (Å²) in [6, 6.07) is 3.30. The second-order valence-corrected chi connectivity index (χ2v) is 6.92. The van der Waals surface area contributed by atoms with Gasteiger partial charge in [-0.25, -0.2) is 4.98 Å². The van der Waals surface area contributed by atoms with E-state index >= 15 is 0 Å². The van der Waals surface area contributed by atoms with Crippen LogP contribution in [0.25, 0.3) is 10.2 Å². The summed E-state index contributed by atoms with van der Waals surface area (Å²) in [5.74, 6) is -0.236. The highest BCUT2D eigenvalue weighted by molar-refractivity contribution is 7.22. The minimum Gasteiger partial charge on any atom is -0.331 e. The number of hydrogen-bond donors (Lipinski definition) is 1. The maximum absolute atomic E-state index is 12.4. The van der Waals surface area contributed by atoms with E-state index in [4.69, 9.17) is 11.6 Å². The van der Waals surface area contributed by atoms with Crippen LogP contribution < -0.4 is 5.32 Å². The summed E-state index contributed by atoms with van der Waals surface area (Å²) in [4.78, 5) is 30.0. The quantitative estimate of drug-likeness (QED) is 0.915. The number of rotatable bonds is 2. The van der Waals surface area contributed by atoms with Gasteiger partial charge in [-0.3, -0.25) is 9.59 Å². The molecule has 0 aliphatic carbocycles. The third-order valence-corrected chi connectivity index (χ3v) is 4.98. The molecule has 1 saturated heterocycles. The van der Waals surface area contributed by atoms with Crippen molar-refractivity contribution in [3.63, 3.8) is 0 Å². The van der Waals surface area contributed by atoms with E-state index in [1.165, 1.54) is 18.3 Å². The van der Waals surface area contributed by atoms with Crippen molar-refractivity contribution in [1.29, 1.82) is 0 Å². The molecule has 7 heteroatoms. The molecule has 0 saturated carbocycles. The lowest BCUT2D eigenvalue weighted by Crippen LogP contribution is -2.42. The van der Waals surface area contributed by atoms with E-state index in [2.05, 4.69) is 10.3 Å². The molecule has 2 heterocycles. The van der Waals surface area contributed by atoms with E-state index in [0.717, 1.165) is 22.2 Å². The van der Waals surface area contributed by atoms with Crippen LogP contribution in [0.1, 0.15) is 25.3 Å². The van der Waals surface area contributed by atoms with Gasteiger partial charge in [0.25, 0.3) is 0 Å². The van der Waals surface area contributed by atoms with Crippen molar-refractivity contribution in [2.45, 2.75) is 32.7 Å². The molecule has 22 heavy (non-hydrogen) atoms. The zero-order valence-electron chi connectivity index (χ0n) is 12.4. The minimum atomic E-state index is -0.394. The van der Waals surface area contributed by atoms with E-state index in [-0.39, 0.29) is 11.8 Å². The van der Waals surface area contributed by atoms with Crippen LogP contribution in [0.2, 0.25) is 5.02 Å². The fourth-order valence-electron chi connectivity index (χ4n) is 2.81. The maximum Gasteiger partial charge on any atom is 0.248 e. The van der Waals surface area contributed by atoms with Gasteiger partial charge in [-0.1, -0.05) is 22.9 Å². The number of likely N-dealkylation sites (tertiary alicyclic amines) is 1. The number of anilines is 1. The van der Waals surface area contributed by atoms with Gasteiger partial charge in [0.1, 0.15) is 6.04 Å². The Kier molecular flexibility index (Phi) is 4.06. The van der Waals surface area contributed by atoms with Crippen LogP contribution in [0.5, 0.6) is 0 Å². The highest BCUT2D eigenvalue weighted by Crippen LogP contribution is 2.31. The first-order valence-electron chi connectivity index (χ1n) is 7.10. The number of nitrogens with one attached hydrogen (secondary N) is 1. The van der Waals surface area contributed by atoms with Gasteiger partial charge in [0.2, 0.25) is 11.8 Å². The summed E-state index contributed by atoms with van der Waals surface area (Å²) >= 11 is 7.44. The molecule has 3 rings (SSSR count). The summed E-state index contributed by atoms with van der Waals surface area (Å²) in [7, 11) is 0. The van der Waals surface area contributed by atoms with Gasteiger partial charge in [0.05, 0.1) is 10.2 Å². The molecule has 1 unspecified atom stereocenters. The first-order valence-corrected chi connectivity index (χ1v) is 8.30. The zero-order chi connectivity index (χ0) is 15.9. The van der Waals surface area contributed by atoms with Crippen molar-refractivity contribution >= 4 is 50.1 Å². The van der Waals surface area contributed by atoms with Crippen LogP contribution in [0.4, 0.5) is 5.13 Å². The summed E-state index contributed by atoms with van der Waals surface area (Å²) in [5.41, 5.74) is 1.82. The molecule has 2 aromatic rings. The fourth-order valence-corrected chi connectivity index (χ4v) is 4.14. The number of nitrogens with zero attached hydrogens (tertiary/aromatic N) is 2. The molecule has 1 fully saturated rings. The van der Waals surface area contributed by atoms with E-state index in [0.29, 0.717) is 23.1 Å². The maximum atomic E-state index is 12.4. The van der Waals surface area contributed by atoms with Crippen LogP contribution >= 0.6 is 22.9 Å². The van der Waals surface area contributed by atoms with Gasteiger partial charge in [-0.2, -0.15) is 0 Å². The lowest BCUT2D eigenvalue weighted by Gasteiger charge is -2.21. The number of thiazole rings is 1. The molecular weight excluding hydrogens is 322 g/mol. The number of halogens is 1. The molecule has 1 N–H and O–H groups in total. The summed E-state index contributed by atoms with van der Waals surface area (Å²) in [6.45, 7) is 4.07. The third-order valence-electron chi connectivity index (χ3n) is 3.84. The zero-order valence-corrected chi connectivity index (χ0v) is 13.9. The predicted octanol–water partition coefficient (Wildman–Crippen LogP) is 3.21. The van der Waals surface area contributed by atoms with Crippen LogP contribution in [0.15, 0.2) is 12.1 Å². The normalized spacial score (nSPS) is 18.0. The van der Waals surface area contributed by atoms with E-state index in [9.17, 15) is 9.59 Å². The Morgan fingerprint density at radius 1 is 1.45 bits per heavy atom. The van der Waals surface area contributed by atoms with Crippen LogP contribution in [-0.2, 0) is 9.59 Å². The smallest absolute Gasteiger partial charge is 0.248 e. The van der Waals surface area contributed by atoms with Gasteiger partial charge in [-0.15, -0.1) is 0 Å². The van der Waals surface area contributed by atoms with Crippen molar-refractivity contribution in [3.05, 3.63) is 22.7 Å². The van der Waals surface area contributed by atoms with Crippen LogP contribution in [0, 0.1) is 6.92 Å². The van der Waals surface area contributed by atoms with Crippen molar-refractivity contribution < 1.29 is 9.59 Å². The highest BCUT2D eigenvalue weighted by Gasteiger charge is 2.32. The number of fused-ring (bicyclic) bond motifs is 1. The Morgan fingerprint density at radius 3 is 2.95 bits per heavy atom. The monoisotopic (exact) mass is 337 g/mol. The van der Waals surface area contributed by atoms with Crippen molar-refractivity contribution in [1.82, 2.24) is 9.88 Å². The second kappa shape index (κ2) is 5.85. The number of hydrogen-bond acceptors (Lipinski definition) is 4. The summed E-state index contributed by atoms with van der Waals surface area (Å²) in [5, 5.41) is 4.04. The summed E-state index contributed by atoms with van der Waals surface area (Å²) < 4.78 is 0.940. The van der Waals surface area contributed by atoms with Crippen LogP contribution in [-0.4, -0.2) is 34.3 Å². The van der Waals surface area contributed by atoms with Crippen molar-refractivity contribution in [2.24, 2.45) is 0 Å². The second-order valence-electron chi connectivity index (χ2n) is 5.45. The predicted molar refractivity (Wildman–Crippen MR) is 88.4 cm³/mol. The van der Waals surface area contributed by atoms with Gasteiger partial charge >= 0.3 is 0 Å². The standard InChI is InChI=1S/C15H16ClN3O2S/c1-8-6-10(16)7-12-13(8)17-15(22-12)18-14(21)11-4-3-5-19(11)9(2)20/h6-7,11H,3-5H2,1-2H3,(H,17,18,21). The number of aromatic nitrogens is 1. The Balaban J connectivity index is 1.82. The highest BCUT2D eigenvalue weighted by atomic mass is 35.5. The van der Waals surface area contributed by atoms with E-state index in [1.54, 1.807) is 4.90 Å². The molecule has 0 spiro atoms. The number of carbonyl (C=O) groups is 2. The van der Waals surface area contributed by atoms with Crippen LogP contribution in [0.3, 0.4) is 0 Å². The third kappa shape index (κ3) is 2.80. The van der Waals surface area contributed by atoms with Gasteiger partial charge in [0.15, 0.2) is 5.13 Å². The molecule has 1 aliphatic heterocycles. The Bertz CT molecular complexity index is 759. The molecule has 1 atom stereocenters. The topological polar surface area (TPSA) is 62.3 Å². The van der Waals surface area contributed by atoms with Crippen molar-refractivity contribution in [3.8, 4) is 0 Å². The Hall–Kier alpha value is -1.66.